The van der Waals surface area contributed by atoms with Crippen molar-refractivity contribution >= 4 is 16.6 Å². The molecule has 0 amide bonds. The Hall–Kier alpha value is -2.50. The Morgan fingerprint density at radius 3 is 2.57 bits per heavy atom. The maximum Gasteiger partial charge on any atom is 0.415 e. The molecule has 1 N–H and O–H groups in total. The van der Waals surface area contributed by atoms with Gasteiger partial charge in [0.1, 0.15) is 5.76 Å². The van der Waals surface area contributed by atoms with Crippen LogP contribution in [0.5, 0.6) is 0 Å². The molecule has 0 aliphatic heterocycles. The number of nitrogens with one attached hydrogen (secondary N) is 1. The van der Waals surface area contributed by atoms with Crippen LogP contribution in [0.2, 0.25) is 0 Å². The van der Waals surface area contributed by atoms with E-state index in [0.29, 0.717) is 11.2 Å². The first-order valence-corrected chi connectivity index (χ1v) is 6.26. The molecule has 108 valence electrons. The molecule has 0 aliphatic rings. The quantitative estimate of drug-likeness (QED) is 0.770. The van der Waals surface area contributed by atoms with Crippen LogP contribution in [0, 0.1) is 0 Å². The lowest BCUT2D eigenvalue weighted by Gasteiger charge is -2.21. The summed E-state index contributed by atoms with van der Waals surface area (Å²) in [7, 11) is 0. The summed E-state index contributed by atoms with van der Waals surface area (Å²) in [5, 5.41) is 3.25. The lowest BCUT2D eigenvalue weighted by atomic mass is 10.1. The molecule has 21 heavy (non-hydrogen) atoms. The van der Waals surface area contributed by atoms with Crippen LogP contribution in [-0.2, 0) is 0 Å². The average Bonchev–Trinajstić information content (AvgIpc) is 2.97. The molecule has 1 atom stereocenters. The number of rotatable bonds is 3. The minimum atomic E-state index is -4.48. The summed E-state index contributed by atoms with van der Waals surface area (Å²) >= 11 is 0. The van der Waals surface area contributed by atoms with E-state index in [4.69, 9.17) is 4.42 Å². The first kappa shape index (κ1) is 13.5. The van der Waals surface area contributed by atoms with E-state index < -0.39 is 12.2 Å². The molecular formula is C15H11F3N2O. The van der Waals surface area contributed by atoms with Crippen molar-refractivity contribution in [3.63, 3.8) is 0 Å². The van der Waals surface area contributed by atoms with Crippen molar-refractivity contribution in [2.24, 2.45) is 0 Å². The number of aromatic nitrogens is 1. The summed E-state index contributed by atoms with van der Waals surface area (Å²) < 4.78 is 44.6. The largest absolute Gasteiger partial charge is 0.467 e. The summed E-state index contributed by atoms with van der Waals surface area (Å²) in [4.78, 5) is 4.14. The monoisotopic (exact) mass is 292 g/mol. The molecule has 2 aromatic heterocycles. The molecule has 1 unspecified atom stereocenters. The summed E-state index contributed by atoms with van der Waals surface area (Å²) in [6, 6.07) is 9.38. The number of nitrogens with zero attached hydrogens (tertiary/aromatic N) is 1. The van der Waals surface area contributed by atoms with E-state index in [1.807, 2.05) is 0 Å². The molecule has 0 radical (unpaired) electrons. The van der Waals surface area contributed by atoms with E-state index in [2.05, 4.69) is 10.3 Å². The summed E-state index contributed by atoms with van der Waals surface area (Å²) in [6.45, 7) is 0. The maximum absolute atomic E-state index is 13.2. The van der Waals surface area contributed by atoms with Gasteiger partial charge in [-0.2, -0.15) is 13.2 Å². The molecule has 3 nitrogen and oxygen atoms in total. The van der Waals surface area contributed by atoms with Crippen molar-refractivity contribution < 1.29 is 17.6 Å². The smallest absolute Gasteiger partial charge is 0.415 e. The predicted molar refractivity (Wildman–Crippen MR) is 72.9 cm³/mol. The molecule has 0 spiro atoms. The number of fused-ring (bicyclic) bond motifs is 1. The molecule has 0 fully saturated rings. The van der Waals surface area contributed by atoms with Crippen molar-refractivity contribution in [3.05, 3.63) is 60.7 Å². The molecule has 1 aromatic carbocycles. The van der Waals surface area contributed by atoms with Gasteiger partial charge >= 0.3 is 6.18 Å². The minimum Gasteiger partial charge on any atom is -0.467 e. The second-order valence-corrected chi connectivity index (χ2v) is 4.52. The van der Waals surface area contributed by atoms with Crippen molar-refractivity contribution in [2.75, 3.05) is 5.32 Å². The van der Waals surface area contributed by atoms with Gasteiger partial charge in [-0.1, -0.05) is 18.2 Å². The molecule has 0 aliphatic carbocycles. The van der Waals surface area contributed by atoms with Gasteiger partial charge in [0.05, 0.1) is 17.5 Å². The van der Waals surface area contributed by atoms with Gasteiger partial charge in [0.15, 0.2) is 6.04 Å². The fourth-order valence-electron chi connectivity index (χ4n) is 2.15. The number of furan rings is 1. The number of anilines is 1. The van der Waals surface area contributed by atoms with Crippen molar-refractivity contribution in [1.29, 1.82) is 0 Å². The summed E-state index contributed by atoms with van der Waals surface area (Å²) in [5.74, 6) is -0.185. The zero-order valence-corrected chi connectivity index (χ0v) is 10.8. The predicted octanol–water partition coefficient (Wildman–Crippen LogP) is 4.54. The molecule has 3 rings (SSSR count). The third-order valence-electron chi connectivity index (χ3n) is 3.09. The Labute approximate surface area is 118 Å². The van der Waals surface area contributed by atoms with Gasteiger partial charge in [-0.05, 0) is 24.3 Å². The molecule has 6 heteroatoms. The Bertz CT molecular complexity index is 733. The third kappa shape index (κ3) is 2.69. The summed E-state index contributed by atoms with van der Waals surface area (Å²) in [6.07, 6.45) is -1.71. The molecular weight excluding hydrogens is 281 g/mol. The topological polar surface area (TPSA) is 38.1 Å². The van der Waals surface area contributed by atoms with Gasteiger partial charge in [-0.25, -0.2) is 0 Å². The van der Waals surface area contributed by atoms with E-state index in [1.165, 1.54) is 18.4 Å². The number of benzene rings is 1. The normalized spacial score (nSPS) is 13.3. The fourth-order valence-corrected chi connectivity index (χ4v) is 2.15. The van der Waals surface area contributed by atoms with Gasteiger partial charge in [0.2, 0.25) is 0 Å². The number of alkyl halides is 3. The summed E-state index contributed by atoms with van der Waals surface area (Å²) in [5.41, 5.74) is 0.799. The first-order chi connectivity index (χ1) is 10.1. The minimum absolute atomic E-state index is 0.185. The van der Waals surface area contributed by atoms with Crippen molar-refractivity contribution in [2.45, 2.75) is 12.2 Å². The Morgan fingerprint density at radius 1 is 1.05 bits per heavy atom. The SMILES string of the molecule is FC(F)(F)C(Nc1cccc2cccnc12)c1ccco1. The highest BCUT2D eigenvalue weighted by atomic mass is 19.4. The Kier molecular flexibility index (Phi) is 3.29. The molecule has 0 saturated carbocycles. The fraction of sp³-hybridized carbons (Fsp3) is 0.133. The van der Waals surface area contributed by atoms with E-state index in [0.717, 1.165) is 5.39 Å². The van der Waals surface area contributed by atoms with Crippen LogP contribution in [0.3, 0.4) is 0 Å². The average molecular weight is 292 g/mol. The van der Waals surface area contributed by atoms with Crippen molar-refractivity contribution in [3.8, 4) is 0 Å². The second-order valence-electron chi connectivity index (χ2n) is 4.52. The van der Waals surface area contributed by atoms with Crippen LogP contribution in [0.1, 0.15) is 11.8 Å². The zero-order valence-electron chi connectivity index (χ0n) is 10.8. The van der Waals surface area contributed by atoms with Crippen LogP contribution in [-0.4, -0.2) is 11.2 Å². The number of hydrogen-bond donors (Lipinski definition) is 1. The highest BCUT2D eigenvalue weighted by Gasteiger charge is 2.43. The first-order valence-electron chi connectivity index (χ1n) is 6.26. The number of halogens is 3. The lowest BCUT2D eigenvalue weighted by Crippen LogP contribution is -2.27. The van der Waals surface area contributed by atoms with Crippen LogP contribution < -0.4 is 5.32 Å². The second kappa shape index (κ2) is 5.12. The molecule has 3 aromatic rings. The Balaban J connectivity index is 2.03. The number of para-hydroxylation sites is 1. The van der Waals surface area contributed by atoms with Gasteiger partial charge in [-0.15, -0.1) is 0 Å². The van der Waals surface area contributed by atoms with Crippen LogP contribution in [0.15, 0.2) is 59.3 Å². The van der Waals surface area contributed by atoms with E-state index in [-0.39, 0.29) is 5.76 Å². The number of hydrogen-bond acceptors (Lipinski definition) is 3. The third-order valence-corrected chi connectivity index (χ3v) is 3.09. The highest BCUT2D eigenvalue weighted by molar-refractivity contribution is 5.90. The van der Waals surface area contributed by atoms with Crippen molar-refractivity contribution in [1.82, 2.24) is 4.98 Å². The van der Waals surface area contributed by atoms with Crippen LogP contribution in [0.25, 0.3) is 10.9 Å². The van der Waals surface area contributed by atoms with E-state index >= 15 is 0 Å². The zero-order chi connectivity index (χ0) is 14.9. The highest BCUT2D eigenvalue weighted by Crippen LogP contribution is 2.37. The van der Waals surface area contributed by atoms with E-state index in [9.17, 15) is 13.2 Å². The lowest BCUT2D eigenvalue weighted by molar-refractivity contribution is -0.147. The maximum atomic E-state index is 13.2. The standard InChI is InChI=1S/C15H11F3N2O/c16-15(17,18)14(12-7-3-9-21-12)20-11-6-1-4-10-5-2-8-19-13(10)11/h1-9,14,20H. The van der Waals surface area contributed by atoms with Gasteiger partial charge < -0.3 is 9.73 Å². The molecule has 0 bridgehead atoms. The van der Waals surface area contributed by atoms with Gasteiger partial charge in [0.25, 0.3) is 0 Å². The van der Waals surface area contributed by atoms with Crippen LogP contribution >= 0.6 is 0 Å². The number of pyridine rings is 1. The van der Waals surface area contributed by atoms with Crippen LogP contribution in [0.4, 0.5) is 18.9 Å². The molecule has 0 saturated heterocycles. The van der Waals surface area contributed by atoms with Gasteiger partial charge in [0, 0.05) is 11.6 Å². The van der Waals surface area contributed by atoms with Gasteiger partial charge in [-0.3, -0.25) is 4.98 Å². The molecule has 2 heterocycles. The van der Waals surface area contributed by atoms with E-state index in [1.54, 1.807) is 36.5 Å². The Morgan fingerprint density at radius 2 is 1.86 bits per heavy atom.